The normalized spacial score (nSPS) is 11.2. The molecule has 0 aliphatic heterocycles. The highest BCUT2D eigenvalue weighted by Crippen LogP contribution is 2.27. The van der Waals surface area contributed by atoms with Crippen molar-refractivity contribution < 1.29 is 9.53 Å². The lowest BCUT2D eigenvalue weighted by Crippen LogP contribution is -2.23. The van der Waals surface area contributed by atoms with Gasteiger partial charge in [-0.15, -0.1) is 0 Å². The summed E-state index contributed by atoms with van der Waals surface area (Å²) in [7, 11) is 0. The van der Waals surface area contributed by atoms with Crippen molar-refractivity contribution in [1.29, 1.82) is 0 Å². The number of amides is 1. The molecule has 0 bridgehead atoms. The standard InChI is InChI=1S/C25H33N3O2/c1-18(2)21-12-11-19(3)17-24(21)30-16-8-7-15-28-23-10-6-5-9-22(23)27-25(28)13-14-26-20(4)29/h5-6,9-12,17-18H,7-8,13-16H2,1-4H3,(H,26,29). The van der Waals surface area contributed by atoms with E-state index < -0.39 is 0 Å². The Balaban J connectivity index is 1.59. The molecule has 0 radical (unpaired) electrons. The number of fused-ring (bicyclic) bond motifs is 1. The molecule has 1 heterocycles. The Hall–Kier alpha value is -2.82. The number of aryl methyl sites for hydroxylation is 2. The van der Waals surface area contributed by atoms with E-state index in [4.69, 9.17) is 9.72 Å². The molecule has 0 aliphatic rings. The van der Waals surface area contributed by atoms with Crippen LogP contribution in [0.1, 0.15) is 56.5 Å². The number of para-hydroxylation sites is 2. The average Bonchev–Trinajstić information content (AvgIpc) is 3.05. The Morgan fingerprint density at radius 1 is 1.17 bits per heavy atom. The minimum atomic E-state index is -0.00766. The Labute approximate surface area is 179 Å². The molecule has 1 amide bonds. The van der Waals surface area contributed by atoms with Gasteiger partial charge in [0.15, 0.2) is 0 Å². The zero-order valence-corrected chi connectivity index (χ0v) is 18.6. The van der Waals surface area contributed by atoms with Crippen molar-refractivity contribution >= 4 is 16.9 Å². The molecule has 1 aromatic heterocycles. The first-order valence-corrected chi connectivity index (χ1v) is 10.9. The number of imidazole rings is 1. The fraction of sp³-hybridized carbons (Fsp3) is 0.440. The van der Waals surface area contributed by atoms with Gasteiger partial charge in [0.25, 0.3) is 0 Å². The highest BCUT2D eigenvalue weighted by atomic mass is 16.5. The van der Waals surface area contributed by atoms with Crippen LogP contribution in [0.4, 0.5) is 0 Å². The first-order valence-electron chi connectivity index (χ1n) is 10.9. The number of rotatable bonds is 10. The first kappa shape index (κ1) is 21.9. The van der Waals surface area contributed by atoms with Gasteiger partial charge in [-0.25, -0.2) is 4.98 Å². The van der Waals surface area contributed by atoms with Crippen molar-refractivity contribution in [2.24, 2.45) is 0 Å². The lowest BCUT2D eigenvalue weighted by Gasteiger charge is -2.15. The van der Waals surface area contributed by atoms with E-state index in [-0.39, 0.29) is 5.91 Å². The molecule has 0 fully saturated rings. The van der Waals surface area contributed by atoms with Gasteiger partial charge in [-0.2, -0.15) is 0 Å². The monoisotopic (exact) mass is 407 g/mol. The highest BCUT2D eigenvalue weighted by molar-refractivity contribution is 5.76. The summed E-state index contributed by atoms with van der Waals surface area (Å²) in [4.78, 5) is 16.0. The maximum atomic E-state index is 11.2. The molecule has 0 unspecified atom stereocenters. The Morgan fingerprint density at radius 3 is 2.73 bits per heavy atom. The summed E-state index contributed by atoms with van der Waals surface area (Å²) in [5, 5.41) is 2.87. The molecule has 5 nitrogen and oxygen atoms in total. The summed E-state index contributed by atoms with van der Waals surface area (Å²) in [6.07, 6.45) is 2.71. The van der Waals surface area contributed by atoms with Gasteiger partial charge in [0.2, 0.25) is 5.91 Å². The molecule has 2 aromatic carbocycles. The van der Waals surface area contributed by atoms with Crippen LogP contribution < -0.4 is 10.1 Å². The maximum absolute atomic E-state index is 11.2. The minimum Gasteiger partial charge on any atom is -0.493 e. The minimum absolute atomic E-state index is 0.00766. The number of benzene rings is 2. The number of carbonyl (C=O) groups is 1. The summed E-state index contributed by atoms with van der Waals surface area (Å²) < 4.78 is 8.42. The summed E-state index contributed by atoms with van der Waals surface area (Å²) in [6, 6.07) is 14.7. The van der Waals surface area contributed by atoms with E-state index in [9.17, 15) is 4.79 Å². The number of carbonyl (C=O) groups excluding carboxylic acids is 1. The van der Waals surface area contributed by atoms with Gasteiger partial charge in [0.05, 0.1) is 17.6 Å². The second-order valence-corrected chi connectivity index (χ2v) is 8.15. The van der Waals surface area contributed by atoms with E-state index in [0.717, 1.165) is 48.4 Å². The zero-order valence-electron chi connectivity index (χ0n) is 18.6. The molecule has 0 aliphatic carbocycles. The Morgan fingerprint density at radius 2 is 1.97 bits per heavy atom. The third-order valence-corrected chi connectivity index (χ3v) is 5.28. The van der Waals surface area contributed by atoms with Crippen LogP contribution in [0, 0.1) is 6.92 Å². The third-order valence-electron chi connectivity index (χ3n) is 5.28. The van der Waals surface area contributed by atoms with Crippen LogP contribution in [0.25, 0.3) is 11.0 Å². The van der Waals surface area contributed by atoms with E-state index in [1.807, 2.05) is 18.2 Å². The lowest BCUT2D eigenvalue weighted by atomic mass is 10.0. The topological polar surface area (TPSA) is 56.2 Å². The van der Waals surface area contributed by atoms with Gasteiger partial charge in [-0.3, -0.25) is 4.79 Å². The number of unbranched alkanes of at least 4 members (excludes halogenated alkanes) is 1. The molecular formula is C25H33N3O2. The Kier molecular flexibility index (Phi) is 7.50. The molecule has 3 rings (SSSR count). The van der Waals surface area contributed by atoms with Crippen molar-refractivity contribution in [3.05, 3.63) is 59.4 Å². The molecule has 0 saturated carbocycles. The van der Waals surface area contributed by atoms with E-state index in [1.54, 1.807) is 6.92 Å². The van der Waals surface area contributed by atoms with Crippen LogP contribution in [-0.2, 0) is 17.8 Å². The summed E-state index contributed by atoms with van der Waals surface area (Å²) in [5.74, 6) is 2.47. The van der Waals surface area contributed by atoms with Crippen LogP contribution >= 0.6 is 0 Å². The smallest absolute Gasteiger partial charge is 0.216 e. The van der Waals surface area contributed by atoms with Crippen LogP contribution in [0.2, 0.25) is 0 Å². The fourth-order valence-electron chi connectivity index (χ4n) is 3.71. The van der Waals surface area contributed by atoms with Gasteiger partial charge in [0.1, 0.15) is 11.6 Å². The van der Waals surface area contributed by atoms with E-state index in [2.05, 4.69) is 54.9 Å². The second-order valence-electron chi connectivity index (χ2n) is 8.15. The van der Waals surface area contributed by atoms with Gasteiger partial charge >= 0.3 is 0 Å². The fourth-order valence-corrected chi connectivity index (χ4v) is 3.71. The second kappa shape index (κ2) is 10.3. The predicted octanol–water partition coefficient (Wildman–Crippen LogP) is 5.01. The van der Waals surface area contributed by atoms with E-state index in [0.29, 0.717) is 19.1 Å². The van der Waals surface area contributed by atoms with E-state index >= 15 is 0 Å². The number of nitrogens with zero attached hydrogens (tertiary/aromatic N) is 2. The molecule has 0 spiro atoms. The molecule has 1 N–H and O–H groups in total. The maximum Gasteiger partial charge on any atom is 0.216 e. The summed E-state index contributed by atoms with van der Waals surface area (Å²) in [6.45, 7) is 10.2. The van der Waals surface area contributed by atoms with Gasteiger partial charge < -0.3 is 14.6 Å². The van der Waals surface area contributed by atoms with Crippen LogP contribution in [0.15, 0.2) is 42.5 Å². The molecule has 0 saturated heterocycles. The first-order chi connectivity index (χ1) is 14.5. The van der Waals surface area contributed by atoms with Gasteiger partial charge in [-0.05, 0) is 55.0 Å². The molecule has 30 heavy (non-hydrogen) atoms. The van der Waals surface area contributed by atoms with Crippen molar-refractivity contribution in [1.82, 2.24) is 14.9 Å². The van der Waals surface area contributed by atoms with Crippen LogP contribution in [0.5, 0.6) is 5.75 Å². The molecule has 0 atom stereocenters. The number of hydrogen-bond acceptors (Lipinski definition) is 3. The molecule has 160 valence electrons. The summed E-state index contributed by atoms with van der Waals surface area (Å²) >= 11 is 0. The SMILES string of the molecule is CC(=O)NCCc1nc2ccccc2n1CCCCOc1cc(C)ccc1C(C)C. The van der Waals surface area contributed by atoms with E-state index in [1.165, 1.54) is 11.1 Å². The Bertz CT molecular complexity index is 991. The summed E-state index contributed by atoms with van der Waals surface area (Å²) in [5.41, 5.74) is 4.65. The average molecular weight is 408 g/mol. The van der Waals surface area contributed by atoms with Crippen molar-refractivity contribution in [2.75, 3.05) is 13.2 Å². The quantitative estimate of drug-likeness (QED) is 0.481. The molecular weight excluding hydrogens is 374 g/mol. The number of aromatic nitrogens is 2. The number of hydrogen-bond donors (Lipinski definition) is 1. The van der Waals surface area contributed by atoms with Crippen LogP contribution in [0.3, 0.4) is 0 Å². The van der Waals surface area contributed by atoms with Gasteiger partial charge in [0, 0.05) is 26.4 Å². The van der Waals surface area contributed by atoms with Crippen molar-refractivity contribution in [3.63, 3.8) is 0 Å². The largest absolute Gasteiger partial charge is 0.493 e. The van der Waals surface area contributed by atoms with Crippen molar-refractivity contribution in [2.45, 2.75) is 59.4 Å². The zero-order chi connectivity index (χ0) is 21.5. The molecule has 5 heteroatoms. The van der Waals surface area contributed by atoms with Crippen LogP contribution in [-0.4, -0.2) is 28.6 Å². The highest BCUT2D eigenvalue weighted by Gasteiger charge is 2.11. The molecule has 3 aromatic rings. The van der Waals surface area contributed by atoms with Gasteiger partial charge in [-0.1, -0.05) is 38.1 Å². The van der Waals surface area contributed by atoms with Crippen molar-refractivity contribution in [3.8, 4) is 5.75 Å². The number of ether oxygens (including phenoxy) is 1. The lowest BCUT2D eigenvalue weighted by molar-refractivity contribution is -0.118. The predicted molar refractivity (Wildman–Crippen MR) is 122 cm³/mol. The number of nitrogens with one attached hydrogen (secondary N) is 1. The third kappa shape index (κ3) is 5.62.